The van der Waals surface area contributed by atoms with Crippen molar-refractivity contribution in [3.05, 3.63) is 29.8 Å². The van der Waals surface area contributed by atoms with Gasteiger partial charge in [-0.3, -0.25) is 0 Å². The molecule has 102 valence electrons. The second-order valence-electron chi connectivity index (χ2n) is 4.20. The third-order valence-corrected chi connectivity index (χ3v) is 2.80. The van der Waals surface area contributed by atoms with Crippen LogP contribution in [0.25, 0.3) is 0 Å². The molecule has 1 N–H and O–H groups in total. The first-order chi connectivity index (χ1) is 8.67. The van der Waals surface area contributed by atoms with Crippen LogP contribution < -0.4 is 10.1 Å². The molecule has 18 heavy (non-hydrogen) atoms. The van der Waals surface area contributed by atoms with Crippen molar-refractivity contribution < 1.29 is 13.5 Å². The summed E-state index contributed by atoms with van der Waals surface area (Å²) in [7, 11) is 0. The quantitative estimate of drug-likeness (QED) is 0.756. The Bertz CT molecular complexity index is 327. The van der Waals surface area contributed by atoms with E-state index < -0.39 is 6.61 Å². The van der Waals surface area contributed by atoms with E-state index in [9.17, 15) is 8.78 Å². The Morgan fingerprint density at radius 1 is 1.17 bits per heavy atom. The number of alkyl halides is 2. The number of hydrogen-bond donors (Lipinski definition) is 1. The largest absolute Gasteiger partial charge is 0.435 e. The van der Waals surface area contributed by atoms with Gasteiger partial charge in [0.05, 0.1) is 0 Å². The first-order valence-corrected chi connectivity index (χ1v) is 6.45. The predicted molar refractivity (Wildman–Crippen MR) is 69.0 cm³/mol. The van der Waals surface area contributed by atoms with Gasteiger partial charge in [-0.1, -0.05) is 38.8 Å². The number of hydrogen-bond acceptors (Lipinski definition) is 2. The van der Waals surface area contributed by atoms with E-state index in [0.29, 0.717) is 0 Å². The highest BCUT2D eigenvalue weighted by molar-refractivity contribution is 5.29. The van der Waals surface area contributed by atoms with Gasteiger partial charge in [0.25, 0.3) is 0 Å². The molecule has 0 spiro atoms. The van der Waals surface area contributed by atoms with Crippen molar-refractivity contribution >= 4 is 0 Å². The Morgan fingerprint density at radius 2 is 1.83 bits per heavy atom. The zero-order chi connectivity index (χ0) is 13.4. The molecule has 1 unspecified atom stereocenters. The fourth-order valence-corrected chi connectivity index (χ4v) is 1.92. The van der Waals surface area contributed by atoms with Gasteiger partial charge in [-0.15, -0.1) is 0 Å². The van der Waals surface area contributed by atoms with Gasteiger partial charge in [0.15, 0.2) is 0 Å². The number of benzene rings is 1. The van der Waals surface area contributed by atoms with Crippen LogP contribution in [-0.2, 0) is 0 Å². The molecule has 0 aliphatic carbocycles. The van der Waals surface area contributed by atoms with Crippen LogP contribution in [0.5, 0.6) is 5.75 Å². The molecule has 1 aromatic carbocycles. The molecule has 0 aromatic heterocycles. The van der Waals surface area contributed by atoms with Crippen molar-refractivity contribution in [1.82, 2.24) is 5.32 Å². The fraction of sp³-hybridized carbons (Fsp3) is 0.571. The van der Waals surface area contributed by atoms with Gasteiger partial charge in [-0.2, -0.15) is 8.78 Å². The molecule has 0 saturated carbocycles. The molecule has 0 fully saturated rings. The summed E-state index contributed by atoms with van der Waals surface area (Å²) in [6.07, 6.45) is 3.35. The van der Waals surface area contributed by atoms with Crippen molar-refractivity contribution in [1.29, 1.82) is 0 Å². The summed E-state index contributed by atoms with van der Waals surface area (Å²) < 4.78 is 28.4. The molecule has 1 atom stereocenters. The van der Waals surface area contributed by atoms with E-state index in [1.165, 1.54) is 0 Å². The topological polar surface area (TPSA) is 21.3 Å². The minimum atomic E-state index is -2.76. The lowest BCUT2D eigenvalue weighted by atomic mass is 10.0. The van der Waals surface area contributed by atoms with E-state index in [-0.39, 0.29) is 11.8 Å². The molecule has 0 aliphatic rings. The van der Waals surface area contributed by atoms with Crippen LogP contribution in [0.4, 0.5) is 8.78 Å². The Balaban J connectivity index is 2.67. The van der Waals surface area contributed by atoms with E-state index >= 15 is 0 Å². The lowest BCUT2D eigenvalue weighted by molar-refractivity contribution is -0.0498. The molecule has 1 aromatic rings. The SMILES string of the molecule is CCCCC(NCC)c1ccc(OC(F)F)cc1. The molecule has 0 bridgehead atoms. The summed E-state index contributed by atoms with van der Waals surface area (Å²) in [5, 5.41) is 3.40. The average Bonchev–Trinajstić information content (AvgIpc) is 2.35. The number of unbranched alkanes of at least 4 members (excludes halogenated alkanes) is 1. The zero-order valence-electron chi connectivity index (χ0n) is 11.0. The molecule has 0 amide bonds. The van der Waals surface area contributed by atoms with Crippen LogP contribution in [0.1, 0.15) is 44.7 Å². The normalized spacial score (nSPS) is 12.7. The Labute approximate surface area is 107 Å². The van der Waals surface area contributed by atoms with Gasteiger partial charge in [0.1, 0.15) is 5.75 Å². The van der Waals surface area contributed by atoms with Gasteiger partial charge in [-0.05, 0) is 30.7 Å². The van der Waals surface area contributed by atoms with Gasteiger partial charge >= 0.3 is 6.61 Å². The second-order valence-corrected chi connectivity index (χ2v) is 4.20. The van der Waals surface area contributed by atoms with E-state index in [1.807, 2.05) is 12.1 Å². The Kier molecular flexibility index (Phi) is 6.65. The van der Waals surface area contributed by atoms with Crippen molar-refractivity contribution in [3.8, 4) is 5.75 Å². The standard InChI is InChI=1S/C14H21F2NO/c1-3-5-6-13(17-4-2)11-7-9-12(10-8-11)18-14(15)16/h7-10,13-14,17H,3-6H2,1-2H3. The van der Waals surface area contributed by atoms with Crippen molar-refractivity contribution in [2.75, 3.05) is 6.54 Å². The monoisotopic (exact) mass is 257 g/mol. The van der Waals surface area contributed by atoms with Crippen LogP contribution in [0.15, 0.2) is 24.3 Å². The molecule has 0 heterocycles. The van der Waals surface area contributed by atoms with E-state index in [1.54, 1.807) is 12.1 Å². The fourth-order valence-electron chi connectivity index (χ4n) is 1.92. The minimum Gasteiger partial charge on any atom is -0.435 e. The van der Waals surface area contributed by atoms with Gasteiger partial charge in [0, 0.05) is 6.04 Å². The molecule has 0 aliphatic heterocycles. The first-order valence-electron chi connectivity index (χ1n) is 6.45. The number of nitrogens with one attached hydrogen (secondary N) is 1. The predicted octanol–water partition coefficient (Wildman–Crippen LogP) is 4.13. The maximum atomic E-state index is 12.0. The molecule has 0 saturated heterocycles. The van der Waals surface area contributed by atoms with Crippen LogP contribution in [0.3, 0.4) is 0 Å². The third-order valence-electron chi connectivity index (χ3n) is 2.80. The summed E-state index contributed by atoms with van der Waals surface area (Å²) in [5.41, 5.74) is 1.12. The van der Waals surface area contributed by atoms with Gasteiger partial charge in [0.2, 0.25) is 0 Å². The summed E-state index contributed by atoms with van der Waals surface area (Å²) >= 11 is 0. The lowest BCUT2D eigenvalue weighted by Crippen LogP contribution is -2.20. The maximum absolute atomic E-state index is 12.0. The Morgan fingerprint density at radius 3 is 2.33 bits per heavy atom. The van der Waals surface area contributed by atoms with Gasteiger partial charge in [-0.25, -0.2) is 0 Å². The number of halogens is 2. The van der Waals surface area contributed by atoms with Crippen LogP contribution in [0, 0.1) is 0 Å². The zero-order valence-corrected chi connectivity index (χ0v) is 11.0. The molecule has 0 radical (unpaired) electrons. The molecular weight excluding hydrogens is 236 g/mol. The summed E-state index contributed by atoms with van der Waals surface area (Å²) in [4.78, 5) is 0. The summed E-state index contributed by atoms with van der Waals surface area (Å²) in [5.74, 6) is 0.208. The molecule has 1 rings (SSSR count). The van der Waals surface area contributed by atoms with Crippen LogP contribution in [0.2, 0.25) is 0 Å². The first kappa shape index (κ1) is 14.9. The van der Waals surface area contributed by atoms with E-state index in [4.69, 9.17) is 0 Å². The highest BCUT2D eigenvalue weighted by Crippen LogP contribution is 2.22. The minimum absolute atomic E-state index is 0.208. The maximum Gasteiger partial charge on any atom is 0.387 e. The highest BCUT2D eigenvalue weighted by atomic mass is 19.3. The molecule has 4 heteroatoms. The second kappa shape index (κ2) is 8.03. The summed E-state index contributed by atoms with van der Waals surface area (Å²) in [6, 6.07) is 7.17. The molecular formula is C14H21F2NO. The molecule has 2 nitrogen and oxygen atoms in total. The van der Waals surface area contributed by atoms with Crippen molar-refractivity contribution in [3.63, 3.8) is 0 Å². The number of rotatable bonds is 8. The third kappa shape index (κ3) is 5.00. The van der Waals surface area contributed by atoms with Gasteiger partial charge < -0.3 is 10.1 Å². The highest BCUT2D eigenvalue weighted by Gasteiger charge is 2.10. The van der Waals surface area contributed by atoms with Crippen LogP contribution in [-0.4, -0.2) is 13.2 Å². The van der Waals surface area contributed by atoms with Crippen LogP contribution >= 0.6 is 0 Å². The van der Waals surface area contributed by atoms with Crippen molar-refractivity contribution in [2.45, 2.75) is 45.8 Å². The van der Waals surface area contributed by atoms with Crippen molar-refractivity contribution in [2.24, 2.45) is 0 Å². The van der Waals surface area contributed by atoms with E-state index in [0.717, 1.165) is 31.4 Å². The van der Waals surface area contributed by atoms with E-state index in [2.05, 4.69) is 23.9 Å². The number of ether oxygens (including phenoxy) is 1. The average molecular weight is 257 g/mol. The lowest BCUT2D eigenvalue weighted by Gasteiger charge is -2.18. The Hall–Kier alpha value is -1.16. The summed E-state index contributed by atoms with van der Waals surface area (Å²) in [6.45, 7) is 2.35. The smallest absolute Gasteiger partial charge is 0.387 e.